The second-order valence-corrected chi connectivity index (χ2v) is 7.48. The lowest BCUT2D eigenvalue weighted by Crippen LogP contribution is -2.29. The second-order valence-electron chi connectivity index (χ2n) is 7.48. The summed E-state index contributed by atoms with van der Waals surface area (Å²) >= 11 is 0. The first-order valence-corrected chi connectivity index (χ1v) is 8.84. The number of ketones is 1. The van der Waals surface area contributed by atoms with Gasteiger partial charge in [-0.3, -0.25) is 14.3 Å². The fraction of sp³-hybridized carbons (Fsp3) is 0.227. The Morgan fingerprint density at radius 3 is 2.26 bits per heavy atom. The number of hydrogen-bond donors (Lipinski definition) is 1. The van der Waals surface area contributed by atoms with Crippen LogP contribution in [0.3, 0.4) is 0 Å². The molecule has 3 rings (SSSR count). The third-order valence-electron chi connectivity index (χ3n) is 4.12. The number of aryl methyl sites for hydroxylation is 1. The van der Waals surface area contributed by atoms with Gasteiger partial charge in [0.25, 0.3) is 5.91 Å². The van der Waals surface area contributed by atoms with Crippen LogP contribution in [0.1, 0.15) is 52.9 Å². The molecule has 0 saturated heterocycles. The van der Waals surface area contributed by atoms with Crippen molar-refractivity contribution in [1.29, 1.82) is 0 Å². The van der Waals surface area contributed by atoms with Crippen molar-refractivity contribution in [2.75, 3.05) is 5.32 Å². The fourth-order valence-electron chi connectivity index (χ4n) is 2.86. The summed E-state index contributed by atoms with van der Waals surface area (Å²) in [4.78, 5) is 25.4. The van der Waals surface area contributed by atoms with Gasteiger partial charge in [-0.05, 0) is 45.9 Å². The van der Waals surface area contributed by atoms with E-state index in [9.17, 15) is 9.59 Å². The van der Waals surface area contributed by atoms with E-state index in [1.165, 1.54) is 0 Å². The maximum absolute atomic E-state index is 12.8. The molecule has 0 bridgehead atoms. The van der Waals surface area contributed by atoms with Gasteiger partial charge in [0.2, 0.25) is 0 Å². The minimum absolute atomic E-state index is 0.0812. The number of aromatic nitrogens is 2. The Morgan fingerprint density at radius 1 is 0.926 bits per heavy atom. The summed E-state index contributed by atoms with van der Waals surface area (Å²) in [6, 6.07) is 17.8. The highest BCUT2D eigenvalue weighted by molar-refractivity contribution is 6.10. The van der Waals surface area contributed by atoms with Crippen molar-refractivity contribution in [3.05, 3.63) is 83.2 Å². The topological polar surface area (TPSA) is 64.0 Å². The Bertz CT molecular complexity index is 982. The fourth-order valence-corrected chi connectivity index (χ4v) is 2.86. The number of carbonyl (C=O) groups is 2. The van der Waals surface area contributed by atoms with Crippen LogP contribution in [0.5, 0.6) is 0 Å². The van der Waals surface area contributed by atoms with Crippen LogP contribution in [0.2, 0.25) is 0 Å². The molecule has 5 nitrogen and oxygen atoms in total. The maximum atomic E-state index is 12.8. The number of nitrogens with zero attached hydrogens (tertiary/aromatic N) is 2. The zero-order valence-electron chi connectivity index (χ0n) is 16.0. The molecule has 1 N–H and O–H groups in total. The molecule has 0 radical (unpaired) electrons. The molecule has 5 heteroatoms. The molecule has 0 fully saturated rings. The van der Waals surface area contributed by atoms with E-state index in [1.807, 2.05) is 45.9 Å². The molecule has 0 spiro atoms. The van der Waals surface area contributed by atoms with Crippen molar-refractivity contribution in [3.63, 3.8) is 0 Å². The summed E-state index contributed by atoms with van der Waals surface area (Å²) in [6.45, 7) is 7.85. The van der Waals surface area contributed by atoms with E-state index in [-0.39, 0.29) is 17.2 Å². The Morgan fingerprint density at radius 2 is 1.59 bits per heavy atom. The zero-order valence-corrected chi connectivity index (χ0v) is 16.0. The highest BCUT2D eigenvalue weighted by Gasteiger charge is 2.23. The van der Waals surface area contributed by atoms with E-state index in [1.54, 1.807) is 47.1 Å². The summed E-state index contributed by atoms with van der Waals surface area (Å²) in [6.07, 6.45) is 0. The highest BCUT2D eigenvalue weighted by Crippen LogP contribution is 2.20. The van der Waals surface area contributed by atoms with Gasteiger partial charge in [0.05, 0.1) is 11.2 Å². The van der Waals surface area contributed by atoms with E-state index in [4.69, 9.17) is 0 Å². The molecule has 0 aliphatic rings. The molecule has 1 amide bonds. The van der Waals surface area contributed by atoms with Crippen LogP contribution in [0.25, 0.3) is 0 Å². The van der Waals surface area contributed by atoms with Crippen LogP contribution in [0.4, 0.5) is 5.69 Å². The molecular formula is C22H23N3O2. The molecule has 0 atom stereocenters. The largest absolute Gasteiger partial charge is 0.321 e. The first kappa shape index (κ1) is 18.6. The van der Waals surface area contributed by atoms with Crippen LogP contribution < -0.4 is 5.32 Å². The van der Waals surface area contributed by atoms with Crippen molar-refractivity contribution in [2.45, 2.75) is 33.2 Å². The predicted octanol–water partition coefficient (Wildman–Crippen LogP) is 4.43. The average Bonchev–Trinajstić information content (AvgIpc) is 3.04. The highest BCUT2D eigenvalue weighted by atomic mass is 16.2. The number of rotatable bonds is 4. The number of carbonyl (C=O) groups excluding carboxylic acids is 2. The molecule has 1 heterocycles. The number of anilines is 1. The average molecular weight is 361 g/mol. The monoisotopic (exact) mass is 361 g/mol. The standard InChI is InChI=1S/C22H23N3O2/c1-15-13-19(25(24-15)22(2,3)4)21(27)23-18-12-8-11-17(14-18)20(26)16-9-6-5-7-10-16/h5-14H,1-4H3,(H,23,27). The van der Waals surface area contributed by atoms with Crippen molar-refractivity contribution in [3.8, 4) is 0 Å². The second kappa shape index (κ2) is 7.19. The van der Waals surface area contributed by atoms with Crippen LogP contribution >= 0.6 is 0 Å². The first-order valence-electron chi connectivity index (χ1n) is 8.84. The molecule has 0 aliphatic heterocycles. The van der Waals surface area contributed by atoms with E-state index >= 15 is 0 Å². The van der Waals surface area contributed by atoms with Gasteiger partial charge >= 0.3 is 0 Å². The van der Waals surface area contributed by atoms with E-state index in [2.05, 4.69) is 10.4 Å². The molecular weight excluding hydrogens is 338 g/mol. The van der Waals surface area contributed by atoms with Gasteiger partial charge < -0.3 is 5.32 Å². The lowest BCUT2D eigenvalue weighted by Gasteiger charge is -2.22. The zero-order chi connectivity index (χ0) is 19.6. The van der Waals surface area contributed by atoms with Gasteiger partial charge in [0, 0.05) is 16.8 Å². The van der Waals surface area contributed by atoms with Gasteiger partial charge in [-0.15, -0.1) is 0 Å². The molecule has 138 valence electrons. The third-order valence-corrected chi connectivity index (χ3v) is 4.12. The summed E-state index contributed by atoms with van der Waals surface area (Å²) in [7, 11) is 0. The van der Waals surface area contributed by atoms with Crippen molar-refractivity contribution < 1.29 is 9.59 Å². The number of amides is 1. The van der Waals surface area contributed by atoms with Crippen molar-refractivity contribution in [1.82, 2.24) is 9.78 Å². The first-order chi connectivity index (χ1) is 12.8. The number of hydrogen-bond acceptors (Lipinski definition) is 3. The summed E-state index contributed by atoms with van der Waals surface area (Å²) < 4.78 is 1.72. The summed E-state index contributed by atoms with van der Waals surface area (Å²) in [5.41, 5.74) is 2.66. The third kappa shape index (κ3) is 4.14. The summed E-state index contributed by atoms with van der Waals surface area (Å²) in [5, 5.41) is 7.31. The van der Waals surface area contributed by atoms with E-state index in [0.717, 1.165) is 5.69 Å². The minimum Gasteiger partial charge on any atom is -0.321 e. The Labute approximate surface area is 159 Å². The lowest BCUT2D eigenvalue weighted by atomic mass is 10.0. The SMILES string of the molecule is Cc1cc(C(=O)Nc2cccc(C(=O)c3ccccc3)c2)n(C(C)(C)C)n1. The number of nitrogens with one attached hydrogen (secondary N) is 1. The Balaban J connectivity index is 1.85. The summed E-state index contributed by atoms with van der Waals surface area (Å²) in [5.74, 6) is -0.336. The molecule has 1 aromatic heterocycles. The van der Waals surface area contributed by atoms with Gasteiger partial charge in [-0.2, -0.15) is 5.10 Å². The molecule has 0 saturated carbocycles. The molecule has 0 unspecified atom stereocenters. The normalized spacial score (nSPS) is 11.3. The van der Waals surface area contributed by atoms with Gasteiger partial charge in [-0.25, -0.2) is 0 Å². The molecule has 27 heavy (non-hydrogen) atoms. The lowest BCUT2D eigenvalue weighted by molar-refractivity contribution is 0.100. The maximum Gasteiger partial charge on any atom is 0.273 e. The Kier molecular flexibility index (Phi) is 4.95. The smallest absolute Gasteiger partial charge is 0.273 e. The molecule has 3 aromatic rings. The Hall–Kier alpha value is -3.21. The van der Waals surface area contributed by atoms with Crippen molar-refractivity contribution in [2.24, 2.45) is 0 Å². The van der Waals surface area contributed by atoms with E-state index in [0.29, 0.717) is 22.5 Å². The van der Waals surface area contributed by atoms with Crippen LogP contribution in [-0.4, -0.2) is 21.5 Å². The molecule has 0 aliphatic carbocycles. The van der Waals surface area contributed by atoms with Crippen LogP contribution in [0, 0.1) is 6.92 Å². The quantitative estimate of drug-likeness (QED) is 0.699. The predicted molar refractivity (Wildman–Crippen MR) is 106 cm³/mol. The van der Waals surface area contributed by atoms with Crippen LogP contribution in [0.15, 0.2) is 60.7 Å². The van der Waals surface area contributed by atoms with Gasteiger partial charge in [0.1, 0.15) is 5.69 Å². The minimum atomic E-state index is -0.313. The van der Waals surface area contributed by atoms with Gasteiger partial charge in [0.15, 0.2) is 5.78 Å². The van der Waals surface area contributed by atoms with Crippen molar-refractivity contribution >= 4 is 17.4 Å². The number of benzene rings is 2. The van der Waals surface area contributed by atoms with Gasteiger partial charge in [-0.1, -0.05) is 42.5 Å². The van der Waals surface area contributed by atoms with Crippen LogP contribution in [-0.2, 0) is 5.54 Å². The molecule has 2 aromatic carbocycles. The van der Waals surface area contributed by atoms with E-state index < -0.39 is 0 Å².